The first-order chi connectivity index (χ1) is 9.56. The molecule has 0 fully saturated rings. The van der Waals surface area contributed by atoms with E-state index in [2.05, 4.69) is 4.74 Å². The van der Waals surface area contributed by atoms with Gasteiger partial charge in [-0.15, -0.1) is 0 Å². The summed E-state index contributed by atoms with van der Waals surface area (Å²) in [6, 6.07) is 7.06. The Balaban J connectivity index is 2.54. The molecule has 1 rings (SSSR count). The van der Waals surface area contributed by atoms with E-state index in [0.29, 0.717) is 5.75 Å². The Hall–Kier alpha value is -2.43. The number of ketones is 2. The second-order valence-corrected chi connectivity index (χ2v) is 3.89. The zero-order valence-corrected chi connectivity index (χ0v) is 11.4. The van der Waals surface area contributed by atoms with Crippen molar-refractivity contribution >= 4 is 23.6 Å². The Morgan fingerprint density at radius 2 is 1.80 bits per heavy atom. The standard InChI is InChI=1S/C15H16O5/c1-3-20-15(18)14(17)10-12(16)7-4-11-5-8-13(19-2)9-6-11/h4-9H,3,10H2,1-2H3/b7-4+. The maximum absolute atomic E-state index is 11.5. The van der Waals surface area contributed by atoms with Crippen LogP contribution in [-0.4, -0.2) is 31.3 Å². The summed E-state index contributed by atoms with van der Waals surface area (Å²) < 4.78 is 9.52. The highest BCUT2D eigenvalue weighted by Gasteiger charge is 2.17. The summed E-state index contributed by atoms with van der Waals surface area (Å²) in [5.74, 6) is -1.54. The van der Waals surface area contributed by atoms with Gasteiger partial charge in [0, 0.05) is 0 Å². The third-order valence-corrected chi connectivity index (χ3v) is 2.42. The number of hydrogen-bond donors (Lipinski definition) is 0. The lowest BCUT2D eigenvalue weighted by Crippen LogP contribution is -2.19. The van der Waals surface area contributed by atoms with Gasteiger partial charge in [0.05, 0.1) is 20.1 Å². The molecule has 0 saturated carbocycles. The van der Waals surface area contributed by atoms with Gasteiger partial charge in [-0.3, -0.25) is 9.59 Å². The van der Waals surface area contributed by atoms with E-state index in [0.717, 1.165) is 5.56 Å². The molecule has 106 valence electrons. The molecule has 0 atom stereocenters. The molecule has 5 heteroatoms. The Morgan fingerprint density at radius 1 is 1.15 bits per heavy atom. The molecular formula is C15H16O5. The largest absolute Gasteiger partial charge is 0.497 e. The average Bonchev–Trinajstić information content (AvgIpc) is 2.45. The fourth-order valence-corrected chi connectivity index (χ4v) is 1.41. The number of hydrogen-bond acceptors (Lipinski definition) is 5. The molecule has 0 N–H and O–H groups in total. The van der Waals surface area contributed by atoms with Crippen LogP contribution in [0.1, 0.15) is 18.9 Å². The summed E-state index contributed by atoms with van der Waals surface area (Å²) in [5.41, 5.74) is 0.794. The first kappa shape index (κ1) is 15.6. The highest BCUT2D eigenvalue weighted by molar-refractivity contribution is 6.37. The van der Waals surface area contributed by atoms with Crippen LogP contribution in [0.25, 0.3) is 6.08 Å². The normalized spacial score (nSPS) is 10.3. The highest BCUT2D eigenvalue weighted by Crippen LogP contribution is 2.12. The summed E-state index contributed by atoms with van der Waals surface area (Å²) >= 11 is 0. The topological polar surface area (TPSA) is 69.7 Å². The molecule has 0 aliphatic heterocycles. The first-order valence-electron chi connectivity index (χ1n) is 6.11. The van der Waals surface area contributed by atoms with Gasteiger partial charge >= 0.3 is 5.97 Å². The van der Waals surface area contributed by atoms with Crippen LogP contribution in [-0.2, 0) is 19.1 Å². The zero-order valence-electron chi connectivity index (χ0n) is 11.4. The molecule has 0 bridgehead atoms. The first-order valence-corrected chi connectivity index (χ1v) is 6.11. The van der Waals surface area contributed by atoms with Gasteiger partial charge in [-0.1, -0.05) is 18.2 Å². The van der Waals surface area contributed by atoms with Gasteiger partial charge in [0.2, 0.25) is 5.78 Å². The molecule has 0 aliphatic carbocycles. The Kier molecular flexibility index (Phi) is 6.16. The summed E-state index contributed by atoms with van der Waals surface area (Å²) in [6.45, 7) is 1.71. The Bertz CT molecular complexity index is 514. The number of allylic oxidation sites excluding steroid dienone is 1. The van der Waals surface area contributed by atoms with E-state index in [4.69, 9.17) is 4.74 Å². The van der Waals surface area contributed by atoms with Crippen molar-refractivity contribution in [1.82, 2.24) is 0 Å². The van der Waals surface area contributed by atoms with Crippen LogP contribution in [0, 0.1) is 0 Å². The van der Waals surface area contributed by atoms with Crippen molar-refractivity contribution in [3.63, 3.8) is 0 Å². The average molecular weight is 276 g/mol. The van der Waals surface area contributed by atoms with Gasteiger partial charge in [-0.2, -0.15) is 0 Å². The lowest BCUT2D eigenvalue weighted by Gasteiger charge is -1.99. The lowest BCUT2D eigenvalue weighted by molar-refractivity contribution is -0.154. The van der Waals surface area contributed by atoms with Gasteiger partial charge in [0.1, 0.15) is 5.75 Å². The summed E-state index contributed by atoms with van der Waals surface area (Å²) in [7, 11) is 1.56. The molecule has 0 unspecified atom stereocenters. The third-order valence-electron chi connectivity index (χ3n) is 2.42. The van der Waals surface area contributed by atoms with E-state index in [1.807, 2.05) is 0 Å². The highest BCUT2D eigenvalue weighted by atomic mass is 16.5. The number of carbonyl (C=O) groups excluding carboxylic acids is 3. The number of benzene rings is 1. The fourth-order valence-electron chi connectivity index (χ4n) is 1.41. The number of ether oxygens (including phenoxy) is 2. The third kappa shape index (κ3) is 5.06. The van der Waals surface area contributed by atoms with E-state index in [-0.39, 0.29) is 6.61 Å². The van der Waals surface area contributed by atoms with Gasteiger partial charge in [-0.05, 0) is 30.7 Å². The lowest BCUT2D eigenvalue weighted by atomic mass is 10.1. The number of rotatable bonds is 7. The molecule has 20 heavy (non-hydrogen) atoms. The van der Waals surface area contributed by atoms with Gasteiger partial charge in [0.25, 0.3) is 0 Å². The fraction of sp³-hybridized carbons (Fsp3) is 0.267. The number of carbonyl (C=O) groups is 3. The van der Waals surface area contributed by atoms with Gasteiger partial charge in [0.15, 0.2) is 5.78 Å². The number of esters is 1. The molecule has 0 saturated heterocycles. The van der Waals surface area contributed by atoms with E-state index < -0.39 is 24.0 Å². The molecule has 1 aromatic rings. The monoisotopic (exact) mass is 276 g/mol. The van der Waals surface area contributed by atoms with Crippen molar-refractivity contribution in [2.24, 2.45) is 0 Å². The molecular weight excluding hydrogens is 260 g/mol. The SMILES string of the molecule is CCOC(=O)C(=O)CC(=O)/C=C/c1ccc(OC)cc1. The van der Waals surface area contributed by atoms with Crippen LogP contribution < -0.4 is 4.74 Å². The van der Waals surface area contributed by atoms with Crippen LogP contribution in [0.2, 0.25) is 0 Å². The van der Waals surface area contributed by atoms with Crippen molar-refractivity contribution < 1.29 is 23.9 Å². The number of methoxy groups -OCH3 is 1. The molecule has 0 radical (unpaired) electrons. The predicted molar refractivity (Wildman–Crippen MR) is 73.3 cm³/mol. The minimum absolute atomic E-state index is 0.112. The molecule has 0 amide bonds. The second-order valence-electron chi connectivity index (χ2n) is 3.89. The molecule has 0 aromatic heterocycles. The van der Waals surface area contributed by atoms with Gasteiger partial charge < -0.3 is 9.47 Å². The molecule has 1 aromatic carbocycles. The van der Waals surface area contributed by atoms with Crippen molar-refractivity contribution in [2.45, 2.75) is 13.3 Å². The van der Waals surface area contributed by atoms with E-state index in [9.17, 15) is 14.4 Å². The molecule has 5 nitrogen and oxygen atoms in total. The Labute approximate surface area is 117 Å². The maximum Gasteiger partial charge on any atom is 0.375 e. The minimum atomic E-state index is -0.973. The van der Waals surface area contributed by atoms with Crippen LogP contribution in [0.5, 0.6) is 5.75 Å². The van der Waals surface area contributed by atoms with Crippen LogP contribution in [0.3, 0.4) is 0 Å². The van der Waals surface area contributed by atoms with Crippen molar-refractivity contribution in [1.29, 1.82) is 0 Å². The van der Waals surface area contributed by atoms with Crippen molar-refractivity contribution in [3.05, 3.63) is 35.9 Å². The minimum Gasteiger partial charge on any atom is -0.497 e. The van der Waals surface area contributed by atoms with Gasteiger partial charge in [-0.25, -0.2) is 4.79 Å². The van der Waals surface area contributed by atoms with E-state index in [1.165, 1.54) is 6.08 Å². The predicted octanol–water partition coefficient (Wildman–Crippen LogP) is 1.80. The smallest absolute Gasteiger partial charge is 0.375 e. The van der Waals surface area contributed by atoms with Crippen LogP contribution >= 0.6 is 0 Å². The van der Waals surface area contributed by atoms with E-state index >= 15 is 0 Å². The summed E-state index contributed by atoms with van der Waals surface area (Å²) in [6.07, 6.45) is 2.35. The summed E-state index contributed by atoms with van der Waals surface area (Å²) in [5, 5.41) is 0. The summed E-state index contributed by atoms with van der Waals surface area (Å²) in [4.78, 5) is 33.9. The molecule has 0 heterocycles. The molecule has 0 aliphatic rings. The van der Waals surface area contributed by atoms with Crippen molar-refractivity contribution in [2.75, 3.05) is 13.7 Å². The quantitative estimate of drug-likeness (QED) is 0.329. The zero-order chi connectivity index (χ0) is 15.0. The van der Waals surface area contributed by atoms with Crippen LogP contribution in [0.4, 0.5) is 0 Å². The van der Waals surface area contributed by atoms with E-state index in [1.54, 1.807) is 44.4 Å². The maximum atomic E-state index is 11.5. The Morgan fingerprint density at radius 3 is 2.35 bits per heavy atom. The number of Topliss-reactive ketones (excluding diaryl/α,β-unsaturated/α-hetero) is 1. The second kappa shape index (κ2) is 7.89. The van der Waals surface area contributed by atoms with Crippen molar-refractivity contribution in [3.8, 4) is 5.75 Å². The van der Waals surface area contributed by atoms with Crippen LogP contribution in [0.15, 0.2) is 30.3 Å². The molecule has 0 spiro atoms.